The summed E-state index contributed by atoms with van der Waals surface area (Å²) in [7, 11) is 0. The Bertz CT molecular complexity index is 255. The molecule has 2 N–H and O–H groups in total. The molecule has 0 fully saturated rings. The van der Waals surface area contributed by atoms with Crippen molar-refractivity contribution in [2.45, 2.75) is 45.7 Å². The zero-order valence-corrected chi connectivity index (χ0v) is 11.9. The Labute approximate surface area is 110 Å². The maximum atomic E-state index is 11.6. The summed E-state index contributed by atoms with van der Waals surface area (Å²) in [6.45, 7) is 12.6. The molecule has 1 unspecified atom stereocenters. The molecule has 0 radical (unpaired) electrons. The Morgan fingerprint density at radius 3 is 2.72 bits per heavy atom. The first-order valence-electron chi connectivity index (χ1n) is 6.34. The van der Waals surface area contributed by atoms with Gasteiger partial charge in [-0.25, -0.2) is 0 Å². The van der Waals surface area contributed by atoms with Crippen LogP contribution in [0.2, 0.25) is 0 Å². The summed E-state index contributed by atoms with van der Waals surface area (Å²) in [5, 5.41) is 3.17. The van der Waals surface area contributed by atoms with Crippen molar-refractivity contribution in [3.8, 4) is 0 Å². The van der Waals surface area contributed by atoms with Gasteiger partial charge in [-0.2, -0.15) is 5.48 Å². The average molecular weight is 258 g/mol. The molecule has 0 aliphatic heterocycles. The monoisotopic (exact) mass is 258 g/mol. The smallest absolute Gasteiger partial charge is 0.325 e. The molecular weight excluding hydrogens is 232 g/mol. The first-order valence-corrected chi connectivity index (χ1v) is 6.34. The molecule has 5 heteroatoms. The summed E-state index contributed by atoms with van der Waals surface area (Å²) in [5.74, 6) is -0.228. The van der Waals surface area contributed by atoms with E-state index in [-0.39, 0.29) is 12.0 Å². The molecule has 0 amide bonds. The highest BCUT2D eigenvalue weighted by Crippen LogP contribution is 2.05. The minimum atomic E-state index is -0.655. The second-order valence-electron chi connectivity index (χ2n) is 4.68. The fraction of sp³-hybridized carbons (Fsp3) is 0.769. The van der Waals surface area contributed by atoms with E-state index in [4.69, 9.17) is 9.57 Å². The quantitative estimate of drug-likeness (QED) is 0.268. The highest BCUT2D eigenvalue weighted by Gasteiger charge is 2.28. The van der Waals surface area contributed by atoms with E-state index in [1.807, 2.05) is 20.8 Å². The third-order valence-corrected chi connectivity index (χ3v) is 2.42. The number of carbonyl (C=O) groups excluding carboxylic acids is 1. The largest absolute Gasteiger partial charge is 0.465 e. The van der Waals surface area contributed by atoms with Gasteiger partial charge in [-0.3, -0.25) is 9.63 Å². The molecule has 106 valence electrons. The molecule has 5 nitrogen and oxygen atoms in total. The van der Waals surface area contributed by atoms with E-state index in [0.717, 1.165) is 6.42 Å². The van der Waals surface area contributed by atoms with Crippen molar-refractivity contribution in [3.63, 3.8) is 0 Å². The number of nitrogens with one attached hydrogen (secondary N) is 2. The van der Waals surface area contributed by atoms with Crippen molar-refractivity contribution < 1.29 is 14.4 Å². The van der Waals surface area contributed by atoms with Crippen LogP contribution in [0.1, 0.15) is 34.1 Å². The molecule has 0 heterocycles. The molecule has 0 aromatic rings. The summed E-state index contributed by atoms with van der Waals surface area (Å²) in [4.78, 5) is 16.7. The molecule has 0 rings (SSSR count). The lowest BCUT2D eigenvalue weighted by Gasteiger charge is -2.24. The number of esters is 1. The molecule has 0 aliphatic carbocycles. The Morgan fingerprint density at radius 2 is 2.17 bits per heavy atom. The van der Waals surface area contributed by atoms with E-state index in [2.05, 4.69) is 17.4 Å². The minimum absolute atomic E-state index is 0.204. The molecule has 0 bridgehead atoms. The summed E-state index contributed by atoms with van der Waals surface area (Å²) >= 11 is 0. The van der Waals surface area contributed by atoms with Crippen LogP contribution in [0, 0.1) is 0 Å². The summed E-state index contributed by atoms with van der Waals surface area (Å²) in [5.41, 5.74) is 2.24. The van der Waals surface area contributed by atoms with Crippen LogP contribution in [0.25, 0.3) is 0 Å². The van der Waals surface area contributed by atoms with Gasteiger partial charge in [0.05, 0.1) is 13.2 Å². The van der Waals surface area contributed by atoms with Crippen molar-refractivity contribution >= 4 is 5.97 Å². The van der Waals surface area contributed by atoms with Gasteiger partial charge in [-0.05, 0) is 40.7 Å². The SMILES string of the molecule is C=CCONC(C)CCNC(C)(C)C(=O)OCC. The van der Waals surface area contributed by atoms with E-state index in [1.54, 1.807) is 13.0 Å². The Balaban J connectivity index is 3.80. The average Bonchev–Trinajstić information content (AvgIpc) is 2.29. The van der Waals surface area contributed by atoms with Gasteiger partial charge in [0, 0.05) is 6.04 Å². The summed E-state index contributed by atoms with van der Waals surface area (Å²) < 4.78 is 4.99. The first-order chi connectivity index (χ1) is 8.44. The molecule has 0 saturated carbocycles. The van der Waals surface area contributed by atoms with Crippen molar-refractivity contribution in [2.24, 2.45) is 0 Å². The van der Waals surface area contributed by atoms with Gasteiger partial charge in [-0.15, -0.1) is 6.58 Å². The zero-order chi connectivity index (χ0) is 14.0. The van der Waals surface area contributed by atoms with Gasteiger partial charge < -0.3 is 10.1 Å². The maximum Gasteiger partial charge on any atom is 0.325 e. The molecule has 0 aromatic carbocycles. The van der Waals surface area contributed by atoms with Gasteiger partial charge in [0.1, 0.15) is 5.54 Å². The van der Waals surface area contributed by atoms with Crippen LogP contribution in [0.5, 0.6) is 0 Å². The van der Waals surface area contributed by atoms with Crippen molar-refractivity contribution in [1.29, 1.82) is 0 Å². The van der Waals surface area contributed by atoms with Crippen LogP contribution in [-0.4, -0.2) is 37.3 Å². The lowest BCUT2D eigenvalue weighted by atomic mass is 10.1. The van der Waals surface area contributed by atoms with Crippen LogP contribution >= 0.6 is 0 Å². The van der Waals surface area contributed by atoms with E-state index in [9.17, 15) is 4.79 Å². The molecule has 18 heavy (non-hydrogen) atoms. The van der Waals surface area contributed by atoms with Crippen LogP contribution in [0.4, 0.5) is 0 Å². The lowest BCUT2D eigenvalue weighted by Crippen LogP contribution is -2.49. The first kappa shape index (κ1) is 17.1. The zero-order valence-electron chi connectivity index (χ0n) is 11.9. The second-order valence-corrected chi connectivity index (χ2v) is 4.68. The van der Waals surface area contributed by atoms with E-state index >= 15 is 0 Å². The third kappa shape index (κ3) is 7.42. The fourth-order valence-corrected chi connectivity index (χ4v) is 1.29. The van der Waals surface area contributed by atoms with Gasteiger partial charge in [0.15, 0.2) is 0 Å². The standard InChI is InChI=1S/C13H26N2O3/c1-6-10-18-15-11(3)8-9-14-13(4,5)12(16)17-7-2/h6,11,14-15H,1,7-10H2,2-5H3. The minimum Gasteiger partial charge on any atom is -0.465 e. The number of hydrogen-bond acceptors (Lipinski definition) is 5. The van der Waals surface area contributed by atoms with Crippen LogP contribution in [-0.2, 0) is 14.4 Å². The van der Waals surface area contributed by atoms with E-state index in [0.29, 0.717) is 19.8 Å². The number of ether oxygens (including phenoxy) is 1. The highest BCUT2D eigenvalue weighted by atomic mass is 16.6. The molecule has 0 spiro atoms. The van der Waals surface area contributed by atoms with Gasteiger partial charge >= 0.3 is 5.97 Å². The van der Waals surface area contributed by atoms with Crippen molar-refractivity contribution in [1.82, 2.24) is 10.8 Å². The summed E-state index contributed by atoms with van der Waals surface area (Å²) in [6.07, 6.45) is 2.53. The number of carbonyl (C=O) groups is 1. The molecule has 0 saturated heterocycles. The Morgan fingerprint density at radius 1 is 1.50 bits per heavy atom. The number of hydroxylamine groups is 1. The molecule has 0 aromatic heterocycles. The van der Waals surface area contributed by atoms with Gasteiger partial charge in [0.2, 0.25) is 0 Å². The summed E-state index contributed by atoms with van der Waals surface area (Å²) in [6, 6.07) is 0.204. The van der Waals surface area contributed by atoms with Crippen LogP contribution < -0.4 is 10.8 Å². The van der Waals surface area contributed by atoms with Crippen LogP contribution in [0.3, 0.4) is 0 Å². The third-order valence-electron chi connectivity index (χ3n) is 2.42. The van der Waals surface area contributed by atoms with Gasteiger partial charge in [0.25, 0.3) is 0 Å². The fourth-order valence-electron chi connectivity index (χ4n) is 1.29. The topological polar surface area (TPSA) is 59.6 Å². The number of hydrogen-bond donors (Lipinski definition) is 2. The molecule has 0 aliphatic rings. The molecule has 1 atom stereocenters. The van der Waals surface area contributed by atoms with Crippen molar-refractivity contribution in [3.05, 3.63) is 12.7 Å². The van der Waals surface area contributed by atoms with E-state index in [1.165, 1.54) is 0 Å². The van der Waals surface area contributed by atoms with E-state index < -0.39 is 5.54 Å². The van der Waals surface area contributed by atoms with Crippen molar-refractivity contribution in [2.75, 3.05) is 19.8 Å². The van der Waals surface area contributed by atoms with Crippen LogP contribution in [0.15, 0.2) is 12.7 Å². The molecular formula is C13H26N2O3. The predicted molar refractivity (Wildman–Crippen MR) is 72.1 cm³/mol. The second kappa shape index (κ2) is 9.08. The Hall–Kier alpha value is -0.910. The number of rotatable bonds is 10. The predicted octanol–water partition coefficient (Wildman–Crippen LogP) is 1.40. The maximum absolute atomic E-state index is 11.6. The normalized spacial score (nSPS) is 13.1. The Kier molecular flexibility index (Phi) is 8.62. The highest BCUT2D eigenvalue weighted by molar-refractivity contribution is 5.79. The van der Waals surface area contributed by atoms with Gasteiger partial charge in [-0.1, -0.05) is 6.08 Å². The lowest BCUT2D eigenvalue weighted by molar-refractivity contribution is -0.149.